The fraction of sp³-hybridized carbons (Fsp3) is 0.296. The van der Waals surface area contributed by atoms with Gasteiger partial charge < -0.3 is 15.3 Å². The molecule has 0 unspecified atom stereocenters. The summed E-state index contributed by atoms with van der Waals surface area (Å²) in [5.74, 6) is -0.892. The molecule has 0 aliphatic carbocycles. The van der Waals surface area contributed by atoms with Gasteiger partial charge in [-0.25, -0.2) is 32.0 Å². The molecule has 0 radical (unpaired) electrons. The van der Waals surface area contributed by atoms with Crippen LogP contribution in [0.5, 0.6) is 0 Å². The zero-order chi connectivity index (χ0) is 31.1. The molecule has 0 bridgehead atoms. The van der Waals surface area contributed by atoms with Crippen molar-refractivity contribution in [2.75, 3.05) is 23.1 Å². The summed E-state index contributed by atoms with van der Waals surface area (Å²) in [5.41, 5.74) is -0.603. The number of amides is 1. The highest BCUT2D eigenvalue weighted by Crippen LogP contribution is 2.28. The normalized spacial score (nSPS) is 17.3. The molecule has 1 saturated heterocycles. The van der Waals surface area contributed by atoms with E-state index in [4.69, 9.17) is 11.6 Å². The van der Waals surface area contributed by atoms with Gasteiger partial charge in [0.2, 0.25) is 5.95 Å². The maximum absolute atomic E-state index is 15.2. The summed E-state index contributed by atoms with van der Waals surface area (Å²) >= 11 is 6.00. The van der Waals surface area contributed by atoms with Crippen LogP contribution >= 0.6 is 11.6 Å². The minimum Gasteiger partial charge on any atom is -0.465 e. The molecule has 1 fully saturated rings. The first-order valence-electron chi connectivity index (χ1n) is 13.1. The molecule has 1 aliphatic heterocycles. The minimum atomic E-state index is -4.20. The minimum absolute atomic E-state index is 0.0292. The van der Waals surface area contributed by atoms with Crippen LogP contribution in [0.25, 0.3) is 22.4 Å². The monoisotopic (exact) mass is 633 g/mol. The Balaban J connectivity index is 1.47. The number of anilines is 2. The van der Waals surface area contributed by atoms with Gasteiger partial charge in [-0.15, -0.1) is 0 Å². The number of benzene rings is 2. The molecule has 1 amide bonds. The molecule has 1 aliphatic rings. The predicted octanol–water partition coefficient (Wildman–Crippen LogP) is 4.53. The van der Waals surface area contributed by atoms with Crippen LogP contribution in [-0.4, -0.2) is 69.3 Å². The quantitative estimate of drug-likeness (QED) is 0.266. The third kappa shape index (κ3) is 6.22. The van der Waals surface area contributed by atoms with Crippen LogP contribution in [-0.2, 0) is 10.0 Å². The summed E-state index contributed by atoms with van der Waals surface area (Å²) in [4.78, 5) is 38.7. The average molecular weight is 634 g/mol. The topological polar surface area (TPSA) is 159 Å². The van der Waals surface area contributed by atoms with Crippen molar-refractivity contribution < 1.29 is 27.1 Å². The van der Waals surface area contributed by atoms with E-state index in [2.05, 4.69) is 25.0 Å². The number of nitrogens with zero attached hydrogens (tertiary/aromatic N) is 5. The lowest BCUT2D eigenvalue weighted by Gasteiger charge is -2.33. The number of piperidine rings is 1. The largest absolute Gasteiger partial charge is 0.465 e. The number of halogens is 3. The van der Waals surface area contributed by atoms with Crippen molar-refractivity contribution in [1.29, 1.82) is 0 Å². The Morgan fingerprint density at radius 3 is 2.58 bits per heavy atom. The Kier molecular flexibility index (Phi) is 8.21. The summed E-state index contributed by atoms with van der Waals surface area (Å²) in [5, 5.41) is 12.2. The van der Waals surface area contributed by atoms with Crippen LogP contribution in [0.4, 0.5) is 25.2 Å². The van der Waals surface area contributed by atoms with Gasteiger partial charge in [0.1, 0.15) is 28.1 Å². The number of fused-ring (bicyclic) bond motifs is 1. The maximum atomic E-state index is 15.2. The summed E-state index contributed by atoms with van der Waals surface area (Å²) in [6, 6.07) is 8.23. The lowest BCUT2D eigenvalue weighted by molar-refractivity contribution is 0.102. The molecule has 12 nitrogen and oxygen atoms in total. The molecule has 3 heterocycles. The van der Waals surface area contributed by atoms with Crippen LogP contribution in [0.3, 0.4) is 0 Å². The number of hydrogen-bond donors (Lipinski definition) is 3. The van der Waals surface area contributed by atoms with Crippen molar-refractivity contribution in [2.24, 2.45) is 0 Å². The van der Waals surface area contributed by atoms with Gasteiger partial charge in [-0.05, 0) is 38.1 Å². The van der Waals surface area contributed by atoms with E-state index in [1.165, 1.54) is 41.1 Å². The van der Waals surface area contributed by atoms with Crippen molar-refractivity contribution in [1.82, 2.24) is 24.4 Å². The second-order valence-electron chi connectivity index (χ2n) is 10.2. The average Bonchev–Trinajstić information content (AvgIpc) is 2.93. The van der Waals surface area contributed by atoms with Crippen molar-refractivity contribution in [3.8, 4) is 11.3 Å². The molecule has 2 aromatic carbocycles. The molecule has 16 heteroatoms. The Morgan fingerprint density at radius 1 is 1.16 bits per heavy atom. The van der Waals surface area contributed by atoms with E-state index in [1.807, 2.05) is 0 Å². The van der Waals surface area contributed by atoms with Crippen molar-refractivity contribution in [3.05, 3.63) is 69.9 Å². The second kappa shape index (κ2) is 11.7. The molecule has 3 N–H and O–H groups in total. The fourth-order valence-corrected chi connectivity index (χ4v) is 6.41. The molecule has 0 saturated carbocycles. The fourth-order valence-electron chi connectivity index (χ4n) is 4.83. The number of aromatic nitrogens is 4. The van der Waals surface area contributed by atoms with Gasteiger partial charge in [-0.3, -0.25) is 14.1 Å². The first kappa shape index (κ1) is 30.1. The molecule has 2 atom stereocenters. The number of hydrogen-bond acceptors (Lipinski definition) is 8. The van der Waals surface area contributed by atoms with Crippen LogP contribution in [0.2, 0.25) is 5.02 Å². The van der Waals surface area contributed by atoms with E-state index in [9.17, 15) is 27.5 Å². The van der Waals surface area contributed by atoms with E-state index in [-0.39, 0.29) is 63.5 Å². The number of carbonyl (C=O) groups is 1. The number of nitrogens with one attached hydrogen (secondary N) is 2. The number of carboxylic acid groups (broad SMARTS) is 1. The molecule has 226 valence electrons. The van der Waals surface area contributed by atoms with E-state index in [0.717, 1.165) is 11.0 Å². The molecular formula is C27H26ClF2N7O5S. The Morgan fingerprint density at radius 2 is 1.91 bits per heavy atom. The lowest BCUT2D eigenvalue weighted by Crippen LogP contribution is -2.49. The van der Waals surface area contributed by atoms with Gasteiger partial charge in [-0.2, -0.15) is 4.98 Å². The number of alkyl halides is 1. The Bertz CT molecular complexity index is 1890. The molecule has 2 aromatic heterocycles. The van der Waals surface area contributed by atoms with E-state index < -0.39 is 45.7 Å². The Labute approximate surface area is 249 Å². The van der Waals surface area contributed by atoms with Crippen LogP contribution in [0.15, 0.2) is 58.4 Å². The SMILES string of the molecule is CC(C)n1c(=O)c(-c2ccc(NS(=O)(=O)c3ccccc3Cl)c(F)c2)nc2cnc(N[C@H]3C[C@H](F)CN(C(=O)O)C3)nc21. The molecule has 5 rings (SSSR count). The first-order valence-corrected chi connectivity index (χ1v) is 14.9. The smallest absolute Gasteiger partial charge is 0.407 e. The molecule has 0 spiro atoms. The second-order valence-corrected chi connectivity index (χ2v) is 12.3. The standard InChI is InChI=1S/C27H26ClF2N7O5S/c1-14(2)37-24-21(11-31-26(34-24)32-17-10-16(29)12-36(13-17)27(39)40)33-23(25(37)38)15-7-8-20(19(30)9-15)35-43(41,42)22-6-4-3-5-18(22)28/h3-9,11,14,16-17,35H,10,12-13H2,1-2H3,(H,39,40)(H,31,32,34)/t16-,17-/m0/s1. The van der Waals surface area contributed by atoms with Crippen LogP contribution in [0, 0.1) is 5.82 Å². The lowest BCUT2D eigenvalue weighted by atomic mass is 10.0. The van der Waals surface area contributed by atoms with Crippen molar-refractivity contribution in [2.45, 2.75) is 43.4 Å². The van der Waals surface area contributed by atoms with Crippen LogP contribution in [0.1, 0.15) is 26.3 Å². The van der Waals surface area contributed by atoms with Gasteiger partial charge in [0.15, 0.2) is 5.65 Å². The number of likely N-dealkylation sites (tertiary alicyclic amines) is 1. The third-order valence-electron chi connectivity index (χ3n) is 6.76. The zero-order valence-corrected chi connectivity index (χ0v) is 24.4. The molecule has 43 heavy (non-hydrogen) atoms. The molecular weight excluding hydrogens is 608 g/mol. The highest BCUT2D eigenvalue weighted by atomic mass is 35.5. The van der Waals surface area contributed by atoms with Gasteiger partial charge in [0.05, 0.1) is 23.5 Å². The van der Waals surface area contributed by atoms with Crippen molar-refractivity contribution >= 4 is 50.5 Å². The summed E-state index contributed by atoms with van der Waals surface area (Å²) in [6.07, 6.45) is -1.20. The Hall–Kier alpha value is -4.37. The van der Waals surface area contributed by atoms with E-state index in [1.54, 1.807) is 19.9 Å². The van der Waals surface area contributed by atoms with Gasteiger partial charge in [-0.1, -0.05) is 29.8 Å². The van der Waals surface area contributed by atoms with Gasteiger partial charge in [0.25, 0.3) is 15.6 Å². The van der Waals surface area contributed by atoms with E-state index in [0.29, 0.717) is 0 Å². The zero-order valence-electron chi connectivity index (χ0n) is 22.8. The third-order valence-corrected chi connectivity index (χ3v) is 8.63. The predicted molar refractivity (Wildman–Crippen MR) is 156 cm³/mol. The van der Waals surface area contributed by atoms with E-state index >= 15 is 4.39 Å². The highest BCUT2D eigenvalue weighted by Gasteiger charge is 2.30. The van der Waals surface area contributed by atoms with Crippen molar-refractivity contribution in [3.63, 3.8) is 0 Å². The summed E-state index contributed by atoms with van der Waals surface area (Å²) < 4.78 is 58.4. The van der Waals surface area contributed by atoms with Crippen LogP contribution < -0.4 is 15.6 Å². The first-order chi connectivity index (χ1) is 20.3. The summed E-state index contributed by atoms with van der Waals surface area (Å²) in [6.45, 7) is 3.29. The number of sulfonamides is 1. The van der Waals surface area contributed by atoms with Gasteiger partial charge >= 0.3 is 6.09 Å². The van der Waals surface area contributed by atoms with Gasteiger partial charge in [0, 0.05) is 30.6 Å². The summed E-state index contributed by atoms with van der Waals surface area (Å²) in [7, 11) is -4.20. The maximum Gasteiger partial charge on any atom is 0.407 e. The molecule has 4 aromatic rings. The highest BCUT2D eigenvalue weighted by molar-refractivity contribution is 7.92. The number of rotatable bonds is 7.